The van der Waals surface area contributed by atoms with Crippen molar-refractivity contribution in [2.45, 2.75) is 46.1 Å². The largest absolute Gasteiger partial charge is 0.388 e. The maximum absolute atomic E-state index is 10.1. The highest BCUT2D eigenvalue weighted by Crippen LogP contribution is 2.20. The predicted molar refractivity (Wildman–Crippen MR) is 75.7 cm³/mol. The third-order valence-electron chi connectivity index (χ3n) is 2.95. The van der Waals surface area contributed by atoms with E-state index in [0.29, 0.717) is 5.92 Å². The zero-order valence-electron chi connectivity index (χ0n) is 11.9. The molecule has 0 saturated carbocycles. The smallest absolute Gasteiger partial charge is 0.0791 e. The van der Waals surface area contributed by atoms with Crippen LogP contribution in [0.15, 0.2) is 24.3 Å². The summed E-state index contributed by atoms with van der Waals surface area (Å²) in [5.41, 5.74) is 2.34. The summed E-state index contributed by atoms with van der Waals surface area (Å²) in [6.07, 6.45) is 2.38. The third kappa shape index (κ3) is 5.65. The SMILES string of the molecule is CCOCCCC(O)c1cccc(CC(C)C)c1. The van der Waals surface area contributed by atoms with Gasteiger partial charge in [-0.25, -0.2) is 0 Å². The lowest BCUT2D eigenvalue weighted by Crippen LogP contribution is -2.02. The molecule has 1 atom stereocenters. The highest BCUT2D eigenvalue weighted by molar-refractivity contribution is 5.25. The molecule has 0 radical (unpaired) electrons. The molecule has 0 aromatic heterocycles. The number of hydrogen-bond acceptors (Lipinski definition) is 2. The van der Waals surface area contributed by atoms with Gasteiger partial charge in [0.25, 0.3) is 0 Å². The van der Waals surface area contributed by atoms with Gasteiger partial charge in [-0.15, -0.1) is 0 Å². The summed E-state index contributed by atoms with van der Waals surface area (Å²) in [7, 11) is 0. The van der Waals surface area contributed by atoms with Crippen LogP contribution < -0.4 is 0 Å². The molecule has 2 nitrogen and oxygen atoms in total. The molecule has 1 unspecified atom stereocenters. The fourth-order valence-corrected chi connectivity index (χ4v) is 2.09. The Labute approximate surface area is 111 Å². The summed E-state index contributed by atoms with van der Waals surface area (Å²) < 4.78 is 5.29. The molecule has 0 aliphatic heterocycles. The van der Waals surface area contributed by atoms with E-state index in [2.05, 4.69) is 26.0 Å². The zero-order valence-corrected chi connectivity index (χ0v) is 11.9. The summed E-state index contributed by atoms with van der Waals surface area (Å²) >= 11 is 0. The van der Waals surface area contributed by atoms with Gasteiger partial charge in [-0.2, -0.15) is 0 Å². The molecular formula is C16H26O2. The van der Waals surface area contributed by atoms with Crippen molar-refractivity contribution in [1.29, 1.82) is 0 Å². The topological polar surface area (TPSA) is 29.5 Å². The highest BCUT2D eigenvalue weighted by Gasteiger charge is 2.08. The van der Waals surface area contributed by atoms with E-state index < -0.39 is 0 Å². The van der Waals surface area contributed by atoms with Crippen LogP contribution in [0.4, 0.5) is 0 Å². The molecule has 0 fully saturated rings. The predicted octanol–water partition coefficient (Wildman–Crippen LogP) is 3.74. The van der Waals surface area contributed by atoms with Gasteiger partial charge in [0.1, 0.15) is 0 Å². The van der Waals surface area contributed by atoms with E-state index in [9.17, 15) is 5.11 Å². The molecule has 0 aliphatic carbocycles. The molecular weight excluding hydrogens is 224 g/mol. The first-order valence-corrected chi connectivity index (χ1v) is 6.98. The normalized spacial score (nSPS) is 12.9. The number of ether oxygens (including phenoxy) is 1. The number of hydrogen-bond donors (Lipinski definition) is 1. The summed E-state index contributed by atoms with van der Waals surface area (Å²) in [5.74, 6) is 0.648. The molecule has 0 aliphatic rings. The van der Waals surface area contributed by atoms with Crippen molar-refractivity contribution in [2.24, 2.45) is 5.92 Å². The summed E-state index contributed by atoms with van der Waals surface area (Å²) in [4.78, 5) is 0. The molecule has 0 saturated heterocycles. The van der Waals surface area contributed by atoms with E-state index in [0.717, 1.165) is 38.0 Å². The fraction of sp³-hybridized carbons (Fsp3) is 0.625. The Morgan fingerprint density at radius 3 is 2.72 bits per heavy atom. The highest BCUT2D eigenvalue weighted by atomic mass is 16.5. The van der Waals surface area contributed by atoms with Gasteiger partial charge in [-0.05, 0) is 43.2 Å². The van der Waals surface area contributed by atoms with Crippen LogP contribution in [0.1, 0.15) is 50.8 Å². The Kier molecular flexibility index (Phi) is 6.99. The Morgan fingerprint density at radius 2 is 2.06 bits per heavy atom. The number of benzene rings is 1. The van der Waals surface area contributed by atoms with Crippen molar-refractivity contribution >= 4 is 0 Å². The van der Waals surface area contributed by atoms with Crippen molar-refractivity contribution in [3.05, 3.63) is 35.4 Å². The molecule has 1 aromatic rings. The average Bonchev–Trinajstić information content (AvgIpc) is 2.34. The minimum absolute atomic E-state index is 0.363. The van der Waals surface area contributed by atoms with Gasteiger partial charge in [0.05, 0.1) is 6.10 Å². The maximum atomic E-state index is 10.1. The van der Waals surface area contributed by atoms with E-state index >= 15 is 0 Å². The van der Waals surface area contributed by atoms with E-state index in [-0.39, 0.29) is 6.10 Å². The molecule has 102 valence electrons. The second-order valence-corrected chi connectivity index (χ2v) is 5.20. The van der Waals surface area contributed by atoms with Gasteiger partial charge >= 0.3 is 0 Å². The van der Waals surface area contributed by atoms with Crippen molar-refractivity contribution in [3.8, 4) is 0 Å². The Balaban J connectivity index is 2.48. The first kappa shape index (κ1) is 15.2. The summed E-state index contributed by atoms with van der Waals surface area (Å²) in [6.45, 7) is 7.90. The molecule has 0 spiro atoms. The van der Waals surface area contributed by atoms with Crippen molar-refractivity contribution in [3.63, 3.8) is 0 Å². The monoisotopic (exact) mass is 250 g/mol. The number of rotatable bonds is 8. The van der Waals surface area contributed by atoms with Crippen LogP contribution >= 0.6 is 0 Å². The molecule has 1 rings (SSSR count). The van der Waals surface area contributed by atoms with Crippen molar-refractivity contribution < 1.29 is 9.84 Å². The molecule has 0 heterocycles. The zero-order chi connectivity index (χ0) is 13.4. The lowest BCUT2D eigenvalue weighted by atomic mass is 9.98. The molecule has 0 amide bonds. The summed E-state index contributed by atoms with van der Waals surface area (Å²) in [6, 6.07) is 8.32. The average molecular weight is 250 g/mol. The minimum atomic E-state index is -0.363. The first-order chi connectivity index (χ1) is 8.63. The quantitative estimate of drug-likeness (QED) is 0.712. The lowest BCUT2D eigenvalue weighted by molar-refractivity contribution is 0.114. The van der Waals surface area contributed by atoms with Crippen LogP contribution in [-0.2, 0) is 11.2 Å². The van der Waals surface area contributed by atoms with Crippen LogP contribution in [-0.4, -0.2) is 18.3 Å². The van der Waals surface area contributed by atoms with Crippen molar-refractivity contribution in [1.82, 2.24) is 0 Å². The van der Waals surface area contributed by atoms with Gasteiger partial charge in [0.15, 0.2) is 0 Å². The lowest BCUT2D eigenvalue weighted by Gasteiger charge is -2.13. The number of aliphatic hydroxyl groups is 1. The molecule has 2 heteroatoms. The molecule has 18 heavy (non-hydrogen) atoms. The van der Waals surface area contributed by atoms with E-state index in [1.807, 2.05) is 19.1 Å². The van der Waals surface area contributed by atoms with Gasteiger partial charge in [-0.1, -0.05) is 38.1 Å². The van der Waals surface area contributed by atoms with Crippen LogP contribution in [0, 0.1) is 5.92 Å². The Hall–Kier alpha value is -0.860. The fourth-order valence-electron chi connectivity index (χ4n) is 2.09. The Morgan fingerprint density at radius 1 is 1.28 bits per heavy atom. The molecule has 1 aromatic carbocycles. The maximum Gasteiger partial charge on any atom is 0.0791 e. The van der Waals surface area contributed by atoms with E-state index in [4.69, 9.17) is 4.74 Å². The second kappa shape index (κ2) is 8.28. The second-order valence-electron chi connectivity index (χ2n) is 5.20. The van der Waals surface area contributed by atoms with Crippen LogP contribution in [0.5, 0.6) is 0 Å². The van der Waals surface area contributed by atoms with Crippen LogP contribution in [0.3, 0.4) is 0 Å². The van der Waals surface area contributed by atoms with Crippen LogP contribution in [0.2, 0.25) is 0 Å². The summed E-state index contributed by atoms with van der Waals surface area (Å²) in [5, 5.41) is 10.1. The minimum Gasteiger partial charge on any atom is -0.388 e. The van der Waals surface area contributed by atoms with E-state index in [1.54, 1.807) is 0 Å². The van der Waals surface area contributed by atoms with Gasteiger partial charge in [-0.3, -0.25) is 0 Å². The van der Waals surface area contributed by atoms with Gasteiger partial charge < -0.3 is 9.84 Å². The first-order valence-electron chi connectivity index (χ1n) is 6.98. The van der Waals surface area contributed by atoms with Gasteiger partial charge in [0.2, 0.25) is 0 Å². The third-order valence-corrected chi connectivity index (χ3v) is 2.95. The van der Waals surface area contributed by atoms with Crippen molar-refractivity contribution in [2.75, 3.05) is 13.2 Å². The Bertz CT molecular complexity index is 334. The van der Waals surface area contributed by atoms with Crippen LogP contribution in [0.25, 0.3) is 0 Å². The molecule has 1 N–H and O–H groups in total. The standard InChI is InChI=1S/C16H26O2/c1-4-18-10-6-9-16(17)15-8-5-7-14(12-15)11-13(2)3/h5,7-8,12-13,16-17H,4,6,9-11H2,1-3H3. The van der Waals surface area contributed by atoms with E-state index in [1.165, 1.54) is 5.56 Å². The molecule has 0 bridgehead atoms. The number of aliphatic hydroxyl groups excluding tert-OH is 1. The van der Waals surface area contributed by atoms with Gasteiger partial charge in [0, 0.05) is 13.2 Å².